The van der Waals surface area contributed by atoms with E-state index < -0.39 is 12.1 Å². The fourth-order valence-electron chi connectivity index (χ4n) is 1.77. The molecule has 0 fully saturated rings. The van der Waals surface area contributed by atoms with Gasteiger partial charge in [0.2, 0.25) is 17.6 Å². The molecule has 2 aromatic heterocycles. The summed E-state index contributed by atoms with van der Waals surface area (Å²) >= 11 is -0.196. The lowest BCUT2D eigenvalue weighted by atomic mass is 10.3. The van der Waals surface area contributed by atoms with Gasteiger partial charge in [-0.25, -0.2) is 4.98 Å². The van der Waals surface area contributed by atoms with E-state index in [1.54, 1.807) is 13.0 Å². The van der Waals surface area contributed by atoms with E-state index in [1.165, 1.54) is 18.3 Å². The number of thioether (sulfide) groups is 1. The van der Waals surface area contributed by atoms with Crippen molar-refractivity contribution in [2.24, 2.45) is 0 Å². The number of halogens is 5. The maximum Gasteiger partial charge on any atom is 0.441 e. The summed E-state index contributed by atoms with van der Waals surface area (Å²) in [5.74, 6) is -0.301. The molecule has 2 rings (SSSR count). The van der Waals surface area contributed by atoms with Crippen LogP contribution in [0.25, 0.3) is 0 Å². The smallest absolute Gasteiger partial charge is 0.441 e. The molecule has 11 heteroatoms. The van der Waals surface area contributed by atoms with E-state index in [0.29, 0.717) is 5.56 Å². The molecule has 0 N–H and O–H groups in total. The predicted octanol–water partition coefficient (Wildman–Crippen LogP) is 4.81. The first-order chi connectivity index (χ1) is 12.2. The van der Waals surface area contributed by atoms with Gasteiger partial charge in [-0.1, -0.05) is 0 Å². The fourth-order valence-corrected chi connectivity index (χ4v) is 2.16. The molecule has 0 saturated carbocycles. The molecule has 142 valence electrons. The van der Waals surface area contributed by atoms with Crippen LogP contribution < -0.4 is 14.2 Å². The fraction of sp³-hybridized carbons (Fsp3) is 0.333. The van der Waals surface area contributed by atoms with Crippen LogP contribution in [0.2, 0.25) is 0 Å². The summed E-state index contributed by atoms with van der Waals surface area (Å²) in [5, 5.41) is 0. The number of alkyl halides is 5. The van der Waals surface area contributed by atoms with E-state index in [-0.39, 0.29) is 47.5 Å². The molecule has 0 aliphatic rings. The largest absolute Gasteiger partial charge is 0.477 e. The Labute approximate surface area is 149 Å². The highest BCUT2D eigenvalue weighted by molar-refractivity contribution is 8.00. The zero-order valence-corrected chi connectivity index (χ0v) is 14.1. The van der Waals surface area contributed by atoms with Gasteiger partial charge in [0.05, 0.1) is 6.61 Å². The van der Waals surface area contributed by atoms with E-state index in [1.807, 2.05) is 0 Å². The Morgan fingerprint density at radius 2 is 1.85 bits per heavy atom. The third-order valence-corrected chi connectivity index (χ3v) is 3.36. The Morgan fingerprint density at radius 3 is 2.54 bits per heavy atom. The van der Waals surface area contributed by atoms with Gasteiger partial charge in [0, 0.05) is 30.1 Å². The number of hydrogen-bond donors (Lipinski definition) is 0. The Balaban J connectivity index is 2.00. The number of pyridine rings is 2. The summed E-state index contributed by atoms with van der Waals surface area (Å²) < 4.78 is 75.4. The minimum Gasteiger partial charge on any atom is -0.477 e. The summed E-state index contributed by atoms with van der Waals surface area (Å²) in [6.07, 6.45) is 1.22. The molecule has 0 saturated heterocycles. The van der Waals surface area contributed by atoms with Gasteiger partial charge in [-0.2, -0.15) is 26.9 Å². The molecule has 0 unspecified atom stereocenters. The van der Waals surface area contributed by atoms with Crippen molar-refractivity contribution in [3.8, 4) is 23.4 Å². The molecule has 0 atom stereocenters. The monoisotopic (exact) mass is 396 g/mol. The van der Waals surface area contributed by atoms with Crippen molar-refractivity contribution in [2.75, 3.05) is 12.4 Å². The minimum absolute atomic E-state index is 0.0812. The lowest BCUT2D eigenvalue weighted by molar-refractivity contribution is -0.0529. The topological polar surface area (TPSA) is 53.5 Å². The lowest BCUT2D eigenvalue weighted by Gasteiger charge is -2.11. The molecule has 26 heavy (non-hydrogen) atoms. The van der Waals surface area contributed by atoms with Gasteiger partial charge < -0.3 is 14.2 Å². The van der Waals surface area contributed by atoms with Crippen molar-refractivity contribution in [1.82, 2.24) is 9.97 Å². The predicted molar refractivity (Wildman–Crippen MR) is 83.9 cm³/mol. The van der Waals surface area contributed by atoms with Crippen LogP contribution >= 0.6 is 11.8 Å². The minimum atomic E-state index is -4.32. The van der Waals surface area contributed by atoms with Crippen LogP contribution in [0.4, 0.5) is 22.0 Å². The highest BCUT2D eigenvalue weighted by Gasteiger charge is 2.27. The van der Waals surface area contributed by atoms with Gasteiger partial charge >= 0.3 is 12.1 Å². The molecule has 0 aliphatic carbocycles. The van der Waals surface area contributed by atoms with Crippen molar-refractivity contribution >= 4 is 11.8 Å². The summed E-state index contributed by atoms with van der Waals surface area (Å²) in [7, 11) is 0. The maximum atomic E-state index is 12.2. The van der Waals surface area contributed by atoms with Gasteiger partial charge in [-0.15, -0.1) is 0 Å². The summed E-state index contributed by atoms with van der Waals surface area (Å²) in [6.45, 7) is -1.50. The lowest BCUT2D eigenvalue weighted by Crippen LogP contribution is -2.08. The number of rotatable bonds is 8. The van der Waals surface area contributed by atoms with Gasteiger partial charge in [0.1, 0.15) is 5.75 Å². The van der Waals surface area contributed by atoms with E-state index in [9.17, 15) is 22.0 Å². The van der Waals surface area contributed by atoms with Crippen LogP contribution in [0.3, 0.4) is 0 Å². The number of ether oxygens (including phenoxy) is 3. The third-order valence-electron chi connectivity index (χ3n) is 2.66. The Morgan fingerprint density at radius 1 is 1.12 bits per heavy atom. The average Bonchev–Trinajstić information content (AvgIpc) is 2.50. The van der Waals surface area contributed by atoms with Crippen molar-refractivity contribution in [2.45, 2.75) is 19.0 Å². The molecule has 2 heterocycles. The SMILES string of the molecule is Cc1cc(OCCSC(F)(F)F)nc(Oc2ccnc(OC(F)F)c2)c1. The Hall–Kier alpha value is -2.30. The van der Waals surface area contributed by atoms with Gasteiger partial charge in [-0.05, 0) is 30.3 Å². The standard InChI is InChI=1S/C15H13F5N2O3S/c1-9-6-12(23-4-5-26-15(18,19)20)22-13(7-9)24-10-2-3-21-11(8-10)25-14(16)17/h2-3,6-8,14H,4-5H2,1H3. The molecule has 0 aliphatic heterocycles. The van der Waals surface area contributed by atoms with Crippen LogP contribution in [0.1, 0.15) is 5.56 Å². The molecule has 0 radical (unpaired) electrons. The summed E-state index contributed by atoms with van der Waals surface area (Å²) in [4.78, 5) is 7.61. The first kappa shape index (κ1) is 20.0. The van der Waals surface area contributed by atoms with Crippen LogP contribution in [-0.2, 0) is 0 Å². The molecule has 0 aromatic carbocycles. The summed E-state index contributed by atoms with van der Waals surface area (Å²) in [5.41, 5.74) is -3.64. The number of hydrogen-bond acceptors (Lipinski definition) is 6. The van der Waals surface area contributed by atoms with Gasteiger partial charge in [0.25, 0.3) is 0 Å². The zero-order valence-electron chi connectivity index (χ0n) is 13.3. The maximum absolute atomic E-state index is 12.2. The molecule has 2 aromatic rings. The summed E-state index contributed by atoms with van der Waals surface area (Å²) in [6, 6.07) is 5.63. The normalized spacial score (nSPS) is 11.5. The van der Waals surface area contributed by atoms with Crippen LogP contribution in [0.15, 0.2) is 30.5 Å². The molecular weight excluding hydrogens is 383 g/mol. The quantitative estimate of drug-likeness (QED) is 0.472. The van der Waals surface area contributed by atoms with Crippen molar-refractivity contribution in [1.29, 1.82) is 0 Å². The van der Waals surface area contributed by atoms with Crippen molar-refractivity contribution < 1.29 is 36.2 Å². The van der Waals surface area contributed by atoms with Crippen LogP contribution in [0.5, 0.6) is 23.4 Å². The van der Waals surface area contributed by atoms with Crippen LogP contribution in [0, 0.1) is 6.92 Å². The third kappa shape index (κ3) is 7.30. The highest BCUT2D eigenvalue weighted by Crippen LogP contribution is 2.30. The van der Waals surface area contributed by atoms with Crippen LogP contribution in [-0.4, -0.2) is 34.4 Å². The van der Waals surface area contributed by atoms with Crippen molar-refractivity contribution in [3.63, 3.8) is 0 Å². The molecule has 5 nitrogen and oxygen atoms in total. The molecule has 0 amide bonds. The first-order valence-corrected chi connectivity index (χ1v) is 8.11. The van der Waals surface area contributed by atoms with E-state index in [2.05, 4.69) is 14.7 Å². The number of aryl methyl sites for hydroxylation is 1. The first-order valence-electron chi connectivity index (χ1n) is 7.12. The van der Waals surface area contributed by atoms with Gasteiger partial charge in [0.15, 0.2) is 0 Å². The second-order valence-corrected chi connectivity index (χ2v) is 5.93. The van der Waals surface area contributed by atoms with Crippen molar-refractivity contribution in [3.05, 3.63) is 36.0 Å². The second kappa shape index (κ2) is 8.88. The van der Waals surface area contributed by atoms with E-state index in [0.717, 1.165) is 6.07 Å². The number of aromatic nitrogens is 2. The average molecular weight is 396 g/mol. The highest BCUT2D eigenvalue weighted by atomic mass is 32.2. The zero-order chi connectivity index (χ0) is 19.2. The Kier molecular flexibility index (Phi) is 6.83. The van der Waals surface area contributed by atoms with E-state index in [4.69, 9.17) is 9.47 Å². The number of nitrogens with zero attached hydrogens (tertiary/aromatic N) is 2. The second-order valence-electron chi connectivity index (χ2n) is 4.77. The Bertz CT molecular complexity index is 731. The van der Waals surface area contributed by atoms with E-state index >= 15 is 0 Å². The molecule has 0 bridgehead atoms. The van der Waals surface area contributed by atoms with Gasteiger partial charge in [-0.3, -0.25) is 0 Å². The molecular formula is C15H13F5N2O3S. The molecule has 0 spiro atoms.